The second-order valence-corrected chi connectivity index (χ2v) is 4.74. The van der Waals surface area contributed by atoms with E-state index in [0.717, 1.165) is 0 Å². The van der Waals surface area contributed by atoms with E-state index in [1.165, 1.54) is 12.1 Å². The van der Waals surface area contributed by atoms with Crippen LogP contribution in [0.1, 0.15) is 17.5 Å². The first kappa shape index (κ1) is 15.2. The van der Waals surface area contributed by atoms with Gasteiger partial charge in [0.15, 0.2) is 0 Å². The number of rotatable bonds is 3. The topological polar surface area (TPSA) is 69.6 Å². The van der Waals surface area contributed by atoms with E-state index in [1.54, 1.807) is 11.0 Å². The summed E-state index contributed by atoms with van der Waals surface area (Å²) in [5, 5.41) is 10.9. The van der Waals surface area contributed by atoms with Gasteiger partial charge in [0.2, 0.25) is 11.8 Å². The minimum absolute atomic E-state index is 0.0415. The standard InChI is InChI=1S/C15H15FN2O3/c16-13-6-11(3-1-2-4-19)5-12(7-13)8-18-9-14(20)17-15(21)10-18/h5-7,19H,2,4,8-10H2,(H,17,20,21). The van der Waals surface area contributed by atoms with Crippen molar-refractivity contribution in [3.63, 3.8) is 0 Å². The maximum atomic E-state index is 13.6. The molecule has 2 amide bonds. The number of aliphatic hydroxyl groups excluding tert-OH is 1. The molecule has 1 aliphatic heterocycles. The Morgan fingerprint density at radius 3 is 2.62 bits per heavy atom. The SMILES string of the molecule is O=C1CN(Cc2cc(F)cc(C#CCCO)c2)CC(=O)N1. The van der Waals surface area contributed by atoms with Crippen molar-refractivity contribution >= 4 is 11.8 Å². The van der Waals surface area contributed by atoms with Crippen molar-refractivity contribution in [1.29, 1.82) is 0 Å². The average molecular weight is 290 g/mol. The highest BCUT2D eigenvalue weighted by atomic mass is 19.1. The molecule has 1 saturated heterocycles. The quantitative estimate of drug-likeness (QED) is 0.608. The Morgan fingerprint density at radius 2 is 1.95 bits per heavy atom. The highest BCUT2D eigenvalue weighted by Crippen LogP contribution is 2.12. The van der Waals surface area contributed by atoms with Crippen molar-refractivity contribution in [3.05, 3.63) is 35.1 Å². The minimum Gasteiger partial charge on any atom is -0.395 e. The van der Waals surface area contributed by atoms with Crippen LogP contribution in [0.4, 0.5) is 4.39 Å². The smallest absolute Gasteiger partial charge is 0.240 e. The third-order valence-corrected chi connectivity index (χ3v) is 2.85. The molecule has 0 aromatic heterocycles. The van der Waals surface area contributed by atoms with E-state index in [4.69, 9.17) is 5.11 Å². The Hall–Kier alpha value is -2.23. The van der Waals surface area contributed by atoms with Crippen LogP contribution in [-0.2, 0) is 16.1 Å². The molecule has 0 bridgehead atoms. The maximum Gasteiger partial charge on any atom is 0.240 e. The third kappa shape index (κ3) is 4.67. The van der Waals surface area contributed by atoms with Gasteiger partial charge in [-0.15, -0.1) is 0 Å². The molecule has 0 aliphatic carbocycles. The van der Waals surface area contributed by atoms with Crippen molar-refractivity contribution in [3.8, 4) is 11.8 Å². The normalized spacial score (nSPS) is 15.3. The van der Waals surface area contributed by atoms with Gasteiger partial charge in [-0.3, -0.25) is 19.8 Å². The zero-order valence-electron chi connectivity index (χ0n) is 11.4. The Bertz CT molecular complexity index is 603. The molecule has 6 heteroatoms. The van der Waals surface area contributed by atoms with E-state index in [2.05, 4.69) is 17.2 Å². The molecule has 1 fully saturated rings. The maximum absolute atomic E-state index is 13.6. The Morgan fingerprint density at radius 1 is 1.24 bits per heavy atom. The number of carbonyl (C=O) groups excluding carboxylic acids is 2. The number of carbonyl (C=O) groups is 2. The van der Waals surface area contributed by atoms with Crippen molar-refractivity contribution in [2.45, 2.75) is 13.0 Å². The lowest BCUT2D eigenvalue weighted by molar-refractivity contribution is -0.136. The van der Waals surface area contributed by atoms with E-state index >= 15 is 0 Å². The molecule has 2 rings (SSSR count). The van der Waals surface area contributed by atoms with Crippen molar-refractivity contribution in [2.75, 3.05) is 19.7 Å². The summed E-state index contributed by atoms with van der Waals surface area (Å²) in [5.41, 5.74) is 1.15. The highest BCUT2D eigenvalue weighted by Gasteiger charge is 2.22. The first-order valence-electron chi connectivity index (χ1n) is 6.51. The lowest BCUT2D eigenvalue weighted by Gasteiger charge is -2.25. The van der Waals surface area contributed by atoms with E-state index in [-0.39, 0.29) is 31.5 Å². The summed E-state index contributed by atoms with van der Waals surface area (Å²) >= 11 is 0. The molecule has 1 aromatic rings. The van der Waals surface area contributed by atoms with Gasteiger partial charge in [0.25, 0.3) is 0 Å². The van der Waals surface area contributed by atoms with Crippen LogP contribution in [0.25, 0.3) is 0 Å². The second-order valence-electron chi connectivity index (χ2n) is 4.74. The van der Waals surface area contributed by atoms with Gasteiger partial charge < -0.3 is 5.11 Å². The summed E-state index contributed by atoms with van der Waals surface area (Å²) in [4.78, 5) is 24.2. The summed E-state index contributed by atoms with van der Waals surface area (Å²) in [6, 6.07) is 4.38. The molecule has 1 aromatic carbocycles. The molecular weight excluding hydrogens is 275 g/mol. The molecule has 0 saturated carbocycles. The number of aliphatic hydroxyl groups is 1. The number of hydrogen-bond donors (Lipinski definition) is 2. The van der Waals surface area contributed by atoms with Gasteiger partial charge in [-0.25, -0.2) is 4.39 Å². The van der Waals surface area contributed by atoms with Crippen LogP contribution < -0.4 is 5.32 Å². The molecule has 1 heterocycles. The summed E-state index contributed by atoms with van der Waals surface area (Å²) in [6.45, 7) is 0.466. The van der Waals surface area contributed by atoms with Crippen LogP contribution in [0.5, 0.6) is 0 Å². The van der Waals surface area contributed by atoms with Crippen LogP contribution in [0.2, 0.25) is 0 Å². The fraction of sp³-hybridized carbons (Fsp3) is 0.333. The molecule has 0 spiro atoms. The molecule has 0 radical (unpaired) electrons. The number of benzene rings is 1. The van der Waals surface area contributed by atoms with Crippen LogP contribution in [0.15, 0.2) is 18.2 Å². The molecule has 21 heavy (non-hydrogen) atoms. The van der Waals surface area contributed by atoms with Crippen molar-refractivity contribution in [2.24, 2.45) is 0 Å². The number of halogens is 1. The van der Waals surface area contributed by atoms with E-state index in [0.29, 0.717) is 24.1 Å². The summed E-state index contributed by atoms with van der Waals surface area (Å²) in [5.74, 6) is 4.36. The second kappa shape index (κ2) is 6.97. The lowest BCUT2D eigenvalue weighted by Crippen LogP contribution is -2.50. The van der Waals surface area contributed by atoms with Crippen LogP contribution in [0.3, 0.4) is 0 Å². The summed E-state index contributed by atoms with van der Waals surface area (Å²) in [6.07, 6.45) is 0.326. The van der Waals surface area contributed by atoms with Crippen LogP contribution in [-0.4, -0.2) is 41.5 Å². The molecule has 0 unspecified atom stereocenters. The van der Waals surface area contributed by atoms with Crippen LogP contribution >= 0.6 is 0 Å². The predicted octanol–water partition coefficient (Wildman–Crippen LogP) is 0.0180. The van der Waals surface area contributed by atoms with E-state index in [1.807, 2.05) is 0 Å². The summed E-state index contributed by atoms with van der Waals surface area (Å²) in [7, 11) is 0. The molecule has 110 valence electrons. The fourth-order valence-corrected chi connectivity index (χ4v) is 2.10. The van der Waals surface area contributed by atoms with Crippen molar-refractivity contribution in [1.82, 2.24) is 10.2 Å². The monoisotopic (exact) mass is 290 g/mol. The first-order chi connectivity index (χ1) is 10.1. The van der Waals surface area contributed by atoms with Gasteiger partial charge in [0.1, 0.15) is 5.82 Å². The van der Waals surface area contributed by atoms with E-state index in [9.17, 15) is 14.0 Å². The van der Waals surface area contributed by atoms with Gasteiger partial charge in [0, 0.05) is 18.5 Å². The van der Waals surface area contributed by atoms with Crippen molar-refractivity contribution < 1.29 is 19.1 Å². The number of piperazine rings is 1. The Kier molecular flexibility index (Phi) is 5.04. The Labute approximate surface area is 121 Å². The molecule has 5 nitrogen and oxygen atoms in total. The largest absolute Gasteiger partial charge is 0.395 e. The number of nitrogens with zero attached hydrogens (tertiary/aromatic N) is 1. The number of nitrogens with one attached hydrogen (secondary N) is 1. The van der Waals surface area contributed by atoms with Gasteiger partial charge >= 0.3 is 0 Å². The Balaban J connectivity index is 2.11. The molecule has 1 aliphatic rings. The molecule has 2 N–H and O–H groups in total. The van der Waals surface area contributed by atoms with Gasteiger partial charge in [-0.2, -0.15) is 0 Å². The highest BCUT2D eigenvalue weighted by molar-refractivity contribution is 5.99. The first-order valence-corrected chi connectivity index (χ1v) is 6.51. The summed E-state index contributed by atoms with van der Waals surface area (Å²) < 4.78 is 13.6. The van der Waals surface area contributed by atoms with E-state index < -0.39 is 5.82 Å². The zero-order valence-corrected chi connectivity index (χ0v) is 11.4. The predicted molar refractivity (Wildman–Crippen MR) is 73.4 cm³/mol. The number of hydrogen-bond acceptors (Lipinski definition) is 4. The third-order valence-electron chi connectivity index (χ3n) is 2.85. The lowest BCUT2D eigenvalue weighted by atomic mass is 10.1. The van der Waals surface area contributed by atoms with Gasteiger partial charge in [-0.05, 0) is 23.8 Å². The minimum atomic E-state index is -0.423. The van der Waals surface area contributed by atoms with Gasteiger partial charge in [-0.1, -0.05) is 11.8 Å². The molecule has 0 atom stereocenters. The zero-order chi connectivity index (χ0) is 15.2. The average Bonchev–Trinajstić information content (AvgIpc) is 2.37. The van der Waals surface area contributed by atoms with Gasteiger partial charge in [0.05, 0.1) is 19.7 Å². The fourth-order valence-electron chi connectivity index (χ4n) is 2.10. The number of imide groups is 1. The molecular formula is C15H15FN2O3. The van der Waals surface area contributed by atoms with Crippen LogP contribution in [0, 0.1) is 17.7 Å². The number of amides is 2.